The second-order valence-corrected chi connectivity index (χ2v) is 8.89. The van der Waals surface area contributed by atoms with Gasteiger partial charge in [0, 0.05) is 11.0 Å². The number of halogens is 2. The normalized spacial score (nSPS) is 12.6. The Hall–Kier alpha value is -1.97. The first kappa shape index (κ1) is 22.3. The zero-order valence-electron chi connectivity index (χ0n) is 15.8. The number of carbonyl (C=O) groups excluding carboxylic acids is 1. The number of nitrogens with zero attached hydrogens (tertiary/aromatic N) is 1. The van der Waals surface area contributed by atoms with Gasteiger partial charge in [-0.15, -0.1) is 0 Å². The topological polar surface area (TPSA) is 75.7 Å². The van der Waals surface area contributed by atoms with Gasteiger partial charge in [0.2, 0.25) is 15.9 Å². The minimum atomic E-state index is -4.12. The molecule has 1 amide bonds. The lowest BCUT2D eigenvalue weighted by atomic mass is 10.1. The average Bonchev–Trinajstić information content (AvgIpc) is 2.66. The summed E-state index contributed by atoms with van der Waals surface area (Å²) in [6, 6.07) is 10.4. The van der Waals surface area contributed by atoms with Crippen LogP contribution in [0.4, 0.5) is 4.39 Å². The highest BCUT2D eigenvalue weighted by Gasteiger charge is 2.29. The molecule has 0 aliphatic heterocycles. The Morgan fingerprint density at radius 3 is 2.46 bits per heavy atom. The van der Waals surface area contributed by atoms with Crippen LogP contribution in [-0.4, -0.2) is 38.8 Å². The largest absolute Gasteiger partial charge is 0.495 e. The van der Waals surface area contributed by atoms with Gasteiger partial charge in [-0.25, -0.2) is 12.8 Å². The van der Waals surface area contributed by atoms with Gasteiger partial charge < -0.3 is 10.1 Å². The van der Waals surface area contributed by atoms with Gasteiger partial charge in [-0.1, -0.05) is 35.0 Å². The van der Waals surface area contributed by atoms with Crippen molar-refractivity contribution in [2.24, 2.45) is 0 Å². The maximum absolute atomic E-state index is 13.6. The van der Waals surface area contributed by atoms with Crippen LogP contribution in [0.25, 0.3) is 0 Å². The van der Waals surface area contributed by atoms with Crippen LogP contribution in [0.5, 0.6) is 5.75 Å². The maximum atomic E-state index is 13.6. The molecule has 2 aromatic carbocycles. The third-order valence-electron chi connectivity index (χ3n) is 4.16. The Kier molecular flexibility index (Phi) is 7.56. The number of carbonyl (C=O) groups is 1. The summed E-state index contributed by atoms with van der Waals surface area (Å²) >= 11 is 3.35. The summed E-state index contributed by atoms with van der Waals surface area (Å²) in [5.41, 5.74) is 0.884. The number of ether oxygens (including phenoxy) is 1. The summed E-state index contributed by atoms with van der Waals surface area (Å²) < 4.78 is 46.4. The molecule has 0 aliphatic carbocycles. The number of methoxy groups -OCH3 is 1. The zero-order chi connectivity index (χ0) is 20.9. The fourth-order valence-corrected chi connectivity index (χ4v) is 4.48. The molecule has 28 heavy (non-hydrogen) atoms. The number of sulfonamides is 1. The average molecular weight is 473 g/mol. The second-order valence-electron chi connectivity index (χ2n) is 6.07. The number of nitrogens with one attached hydrogen (secondary N) is 1. The molecule has 0 saturated carbocycles. The molecule has 0 aliphatic rings. The van der Waals surface area contributed by atoms with Crippen LogP contribution < -0.4 is 10.1 Å². The molecule has 0 bridgehead atoms. The molecule has 0 aromatic heterocycles. The third-order valence-corrected chi connectivity index (χ3v) is 6.63. The second kappa shape index (κ2) is 9.49. The van der Waals surface area contributed by atoms with Crippen LogP contribution in [0.1, 0.15) is 25.5 Å². The predicted octanol–water partition coefficient (Wildman–Crippen LogP) is 3.48. The quantitative estimate of drug-likeness (QED) is 0.637. The number of rotatable bonds is 8. The molecule has 0 saturated heterocycles. The van der Waals surface area contributed by atoms with Crippen LogP contribution in [0.15, 0.2) is 51.8 Å². The molecule has 1 N–H and O–H groups in total. The van der Waals surface area contributed by atoms with Gasteiger partial charge in [-0.3, -0.25) is 4.79 Å². The number of hydrogen-bond donors (Lipinski definition) is 1. The molecular weight excluding hydrogens is 451 g/mol. The summed E-state index contributed by atoms with van der Waals surface area (Å²) in [5, 5.41) is 2.78. The molecular formula is C19H22BrFN2O4S. The fourth-order valence-electron chi connectivity index (χ4n) is 2.64. The molecule has 152 valence electrons. The van der Waals surface area contributed by atoms with Gasteiger partial charge in [-0.05, 0) is 42.8 Å². The highest BCUT2D eigenvalue weighted by molar-refractivity contribution is 9.10. The van der Waals surface area contributed by atoms with Gasteiger partial charge >= 0.3 is 0 Å². The molecule has 0 radical (unpaired) electrons. The van der Waals surface area contributed by atoms with Crippen LogP contribution in [0, 0.1) is 5.82 Å². The first-order valence-corrected chi connectivity index (χ1v) is 10.8. The first-order valence-electron chi connectivity index (χ1n) is 8.57. The van der Waals surface area contributed by atoms with Crippen LogP contribution in [0.3, 0.4) is 0 Å². The van der Waals surface area contributed by atoms with Gasteiger partial charge in [0.05, 0.1) is 19.7 Å². The Morgan fingerprint density at radius 1 is 1.25 bits per heavy atom. The fraction of sp³-hybridized carbons (Fsp3) is 0.316. The van der Waals surface area contributed by atoms with Crippen molar-refractivity contribution in [3.63, 3.8) is 0 Å². The van der Waals surface area contributed by atoms with E-state index in [0.29, 0.717) is 0 Å². The molecule has 2 rings (SSSR count). The summed E-state index contributed by atoms with van der Waals surface area (Å²) in [6.45, 7) is 3.07. The lowest BCUT2D eigenvalue weighted by Crippen LogP contribution is -2.41. The van der Waals surface area contributed by atoms with Crippen molar-refractivity contribution in [2.75, 3.05) is 20.2 Å². The van der Waals surface area contributed by atoms with E-state index in [1.807, 2.05) is 31.2 Å². The summed E-state index contributed by atoms with van der Waals surface area (Å²) in [5.74, 6) is -1.15. The van der Waals surface area contributed by atoms with E-state index in [0.717, 1.165) is 26.5 Å². The van der Waals surface area contributed by atoms with E-state index in [1.54, 1.807) is 6.92 Å². The van der Waals surface area contributed by atoms with Crippen molar-refractivity contribution in [2.45, 2.75) is 24.8 Å². The van der Waals surface area contributed by atoms with Gasteiger partial charge in [0.15, 0.2) is 0 Å². The van der Waals surface area contributed by atoms with E-state index in [4.69, 9.17) is 4.74 Å². The van der Waals surface area contributed by atoms with E-state index < -0.39 is 21.7 Å². The van der Waals surface area contributed by atoms with E-state index in [2.05, 4.69) is 21.2 Å². The Balaban J connectivity index is 2.17. The van der Waals surface area contributed by atoms with Gasteiger partial charge in [-0.2, -0.15) is 4.31 Å². The highest BCUT2D eigenvalue weighted by atomic mass is 79.9. The molecule has 2 aromatic rings. The minimum Gasteiger partial charge on any atom is -0.495 e. The summed E-state index contributed by atoms with van der Waals surface area (Å²) in [7, 11) is -2.82. The third kappa shape index (κ3) is 5.30. The van der Waals surface area contributed by atoms with Gasteiger partial charge in [0.1, 0.15) is 16.5 Å². The van der Waals surface area contributed by atoms with Crippen molar-refractivity contribution in [1.29, 1.82) is 0 Å². The standard InChI is InChI=1S/C19H22BrFN2O4S/c1-4-23(28(25,26)18-11-16(21)9-10-17(18)27-3)12-19(24)22-13(2)14-5-7-15(20)8-6-14/h5-11,13H,4,12H2,1-3H3,(H,22,24)/t13-/m1/s1. The molecule has 1 atom stereocenters. The monoisotopic (exact) mass is 472 g/mol. The lowest BCUT2D eigenvalue weighted by Gasteiger charge is -2.22. The van der Waals surface area contributed by atoms with E-state index in [9.17, 15) is 17.6 Å². The predicted molar refractivity (Wildman–Crippen MR) is 108 cm³/mol. The first-order chi connectivity index (χ1) is 13.2. The Labute approximate surface area is 172 Å². The van der Waals surface area contributed by atoms with Crippen molar-refractivity contribution >= 4 is 31.9 Å². The van der Waals surface area contributed by atoms with Crippen molar-refractivity contribution in [1.82, 2.24) is 9.62 Å². The van der Waals surface area contributed by atoms with Gasteiger partial charge in [0.25, 0.3) is 0 Å². The number of benzene rings is 2. The summed E-state index contributed by atoms with van der Waals surface area (Å²) in [4.78, 5) is 12.1. The number of amides is 1. The van der Waals surface area contributed by atoms with Crippen LogP contribution in [-0.2, 0) is 14.8 Å². The Morgan fingerprint density at radius 2 is 1.89 bits per heavy atom. The van der Waals surface area contributed by atoms with E-state index in [-0.39, 0.29) is 29.8 Å². The van der Waals surface area contributed by atoms with Crippen molar-refractivity contribution in [3.05, 3.63) is 58.3 Å². The molecule has 0 spiro atoms. The maximum Gasteiger partial charge on any atom is 0.247 e. The number of hydrogen-bond acceptors (Lipinski definition) is 4. The van der Waals surface area contributed by atoms with Crippen LogP contribution in [0.2, 0.25) is 0 Å². The SMILES string of the molecule is CCN(CC(=O)N[C@H](C)c1ccc(Br)cc1)S(=O)(=O)c1cc(F)ccc1OC. The number of likely N-dealkylation sites (N-methyl/N-ethyl adjacent to an activating group) is 1. The molecule has 0 heterocycles. The molecule has 0 fully saturated rings. The smallest absolute Gasteiger partial charge is 0.247 e. The van der Waals surface area contributed by atoms with E-state index in [1.165, 1.54) is 13.2 Å². The molecule has 9 heteroatoms. The van der Waals surface area contributed by atoms with Crippen LogP contribution >= 0.6 is 15.9 Å². The lowest BCUT2D eigenvalue weighted by molar-refractivity contribution is -0.121. The molecule has 6 nitrogen and oxygen atoms in total. The Bertz CT molecular complexity index is 935. The van der Waals surface area contributed by atoms with Crippen molar-refractivity contribution in [3.8, 4) is 5.75 Å². The van der Waals surface area contributed by atoms with E-state index >= 15 is 0 Å². The highest BCUT2D eigenvalue weighted by Crippen LogP contribution is 2.27. The zero-order valence-corrected chi connectivity index (χ0v) is 18.2. The minimum absolute atomic E-state index is 0.0171. The summed E-state index contributed by atoms with van der Waals surface area (Å²) in [6.07, 6.45) is 0. The van der Waals surface area contributed by atoms with Crippen molar-refractivity contribution < 1.29 is 22.3 Å². The molecule has 0 unspecified atom stereocenters.